The Morgan fingerprint density at radius 3 is 2.23 bits per heavy atom. The Morgan fingerprint density at radius 1 is 0.968 bits per heavy atom. The van der Waals surface area contributed by atoms with Crippen LogP contribution in [0.3, 0.4) is 0 Å². The van der Waals surface area contributed by atoms with Crippen molar-refractivity contribution >= 4 is 23.7 Å². The number of amidine groups is 1. The van der Waals surface area contributed by atoms with Gasteiger partial charge in [0, 0.05) is 12.6 Å². The van der Waals surface area contributed by atoms with Crippen molar-refractivity contribution in [2.45, 2.75) is 19.4 Å². The van der Waals surface area contributed by atoms with Gasteiger partial charge in [-0.05, 0) is 11.1 Å². The van der Waals surface area contributed by atoms with Crippen LogP contribution in [0, 0.1) is 13.0 Å². The Balaban J connectivity index is 0.000000292. The van der Waals surface area contributed by atoms with Gasteiger partial charge in [-0.1, -0.05) is 67.6 Å². The van der Waals surface area contributed by atoms with Gasteiger partial charge < -0.3 is 4.99 Å². The van der Waals surface area contributed by atoms with Crippen LogP contribution in [0.4, 0.5) is 0 Å². The summed E-state index contributed by atoms with van der Waals surface area (Å²) in [5, 5.41) is 0. The molecule has 0 aromatic heterocycles. The molecular formula is C26H22CdN3O+. The Labute approximate surface area is 203 Å². The molecule has 1 atom stereocenters. The average Bonchev–Trinajstić information content (AvgIpc) is 3.11. The molecule has 0 spiro atoms. The molecule has 31 heavy (non-hydrogen) atoms. The second-order valence-electron chi connectivity index (χ2n) is 7.10. The van der Waals surface area contributed by atoms with Crippen LogP contribution in [0.1, 0.15) is 16.7 Å². The van der Waals surface area contributed by atoms with Crippen molar-refractivity contribution in [3.05, 3.63) is 114 Å². The number of aryl methyl sites for hydroxylation is 1. The van der Waals surface area contributed by atoms with Crippen LogP contribution in [0.15, 0.2) is 96.1 Å². The molecule has 1 amide bonds. The van der Waals surface area contributed by atoms with Gasteiger partial charge in [0.25, 0.3) is 5.91 Å². The summed E-state index contributed by atoms with van der Waals surface area (Å²) in [6, 6.07) is 30.3. The molecule has 1 N–H and O–H groups in total. The van der Waals surface area contributed by atoms with Crippen molar-refractivity contribution in [3.63, 3.8) is 0 Å². The minimum atomic E-state index is -0.381. The van der Waals surface area contributed by atoms with Crippen molar-refractivity contribution in [1.29, 1.82) is 0 Å². The molecule has 4 nitrogen and oxygen atoms in total. The van der Waals surface area contributed by atoms with E-state index in [1.165, 1.54) is 5.56 Å². The van der Waals surface area contributed by atoms with E-state index in [9.17, 15) is 4.79 Å². The molecule has 2 aliphatic heterocycles. The van der Waals surface area contributed by atoms with Crippen LogP contribution < -0.4 is 4.99 Å². The predicted molar refractivity (Wildman–Crippen MR) is 119 cm³/mol. The molecule has 3 aromatic carbocycles. The molecule has 5 heteroatoms. The fourth-order valence-electron chi connectivity index (χ4n) is 3.24. The van der Waals surface area contributed by atoms with Crippen LogP contribution in [0.2, 0.25) is 0 Å². The second kappa shape index (κ2) is 11.0. The number of amides is 1. The third kappa shape index (κ3) is 5.85. The van der Waals surface area contributed by atoms with E-state index in [1.54, 1.807) is 11.1 Å². The fourth-order valence-corrected chi connectivity index (χ4v) is 3.24. The van der Waals surface area contributed by atoms with E-state index in [4.69, 9.17) is 0 Å². The van der Waals surface area contributed by atoms with Crippen LogP contribution in [0.5, 0.6) is 0 Å². The average molecular weight is 505 g/mol. The summed E-state index contributed by atoms with van der Waals surface area (Å²) < 4.78 is 0. The molecular weight excluding hydrogens is 483 g/mol. The number of aliphatic imine (C=N–C) groups is 1. The van der Waals surface area contributed by atoms with Crippen LogP contribution in [-0.4, -0.2) is 28.9 Å². The van der Waals surface area contributed by atoms with Gasteiger partial charge in [0.15, 0.2) is 0 Å². The number of carbonyl (C=O) groups is 1. The normalized spacial score (nSPS) is 16.4. The van der Waals surface area contributed by atoms with Crippen LogP contribution in [0.25, 0.3) is 5.70 Å². The topological polar surface area (TPSA) is 46.6 Å². The number of hydrogen-bond acceptors (Lipinski definition) is 2. The Hall–Kier alpha value is -2.87. The first-order valence-corrected chi connectivity index (χ1v) is 9.87. The summed E-state index contributed by atoms with van der Waals surface area (Å²) in [6.45, 7) is 2.06. The van der Waals surface area contributed by atoms with E-state index in [0.717, 1.165) is 16.8 Å². The largest absolute Gasteiger partial charge is 2.00 e. The van der Waals surface area contributed by atoms with E-state index < -0.39 is 0 Å². The molecule has 1 unspecified atom stereocenters. The Bertz CT molecular complexity index is 1090. The van der Waals surface area contributed by atoms with Crippen LogP contribution >= 0.6 is 0 Å². The van der Waals surface area contributed by atoms with Gasteiger partial charge >= 0.3 is 27.3 Å². The standard InChI is InChI=1S/C19H15N3O.C7H7.Cd/c23-19-16(11-14-7-3-1-4-8-14)21-18-12-20-17(13-22(18)19)15-9-5-2-6-10-15;1-7-5-3-2-4-6-7;/h1-10,13,16,20H,11H2;3-6H,1H3;/q;-1;+2. The monoisotopic (exact) mass is 506 g/mol. The Morgan fingerprint density at radius 2 is 1.61 bits per heavy atom. The minimum absolute atomic E-state index is 0. The van der Waals surface area contributed by atoms with Crippen molar-refractivity contribution in [2.24, 2.45) is 4.99 Å². The smallest absolute Gasteiger partial charge is 0.369 e. The molecule has 0 fully saturated rings. The van der Waals surface area contributed by atoms with Crippen molar-refractivity contribution in [3.8, 4) is 0 Å². The molecule has 0 bridgehead atoms. The predicted octanol–water partition coefficient (Wildman–Crippen LogP) is 2.67. The zero-order chi connectivity index (χ0) is 20.8. The van der Waals surface area contributed by atoms with E-state index in [2.05, 4.69) is 29.2 Å². The zero-order valence-electron chi connectivity index (χ0n) is 17.5. The zero-order valence-corrected chi connectivity index (χ0v) is 21.5. The number of hydrogen-bond donors (Lipinski definition) is 1. The molecule has 5 rings (SSSR count). The van der Waals surface area contributed by atoms with Crippen molar-refractivity contribution < 1.29 is 37.1 Å². The van der Waals surface area contributed by atoms with Crippen molar-refractivity contribution in [2.75, 3.05) is 0 Å². The maximum Gasteiger partial charge on any atom is 2.00 e. The molecule has 2 heterocycles. The number of rotatable bonds is 3. The van der Waals surface area contributed by atoms with Gasteiger partial charge in [-0.25, -0.2) is 0 Å². The minimum Gasteiger partial charge on any atom is -0.369 e. The SMILES string of the molecule is Cc1cc[c-]cc1.O=C1C(Cc2ccccc2)N=C2[C-]=[NH+]C(c3ccccc3)=CN12.[Cd+2]. The molecule has 148 valence electrons. The fraction of sp³-hybridized carbons (Fsp3) is 0.115. The summed E-state index contributed by atoms with van der Waals surface area (Å²) in [5.74, 6) is 0.543. The summed E-state index contributed by atoms with van der Waals surface area (Å²) in [7, 11) is 0. The Kier molecular flexibility index (Phi) is 8.06. The molecule has 3 aromatic rings. The van der Waals surface area contributed by atoms with E-state index in [-0.39, 0.29) is 39.2 Å². The van der Waals surface area contributed by atoms with Gasteiger partial charge in [0.2, 0.25) is 0 Å². The van der Waals surface area contributed by atoms with E-state index in [0.29, 0.717) is 12.3 Å². The first-order valence-electron chi connectivity index (χ1n) is 9.87. The first-order chi connectivity index (χ1) is 14.7. The molecule has 0 aliphatic carbocycles. The maximum atomic E-state index is 12.6. The molecule has 0 saturated carbocycles. The second-order valence-corrected chi connectivity index (χ2v) is 7.10. The third-order valence-corrected chi connectivity index (χ3v) is 4.84. The van der Waals surface area contributed by atoms with E-state index in [1.807, 2.05) is 84.9 Å². The third-order valence-electron chi connectivity index (χ3n) is 4.84. The summed E-state index contributed by atoms with van der Waals surface area (Å²) in [4.78, 5) is 21.8. The molecule has 0 radical (unpaired) electrons. The van der Waals surface area contributed by atoms with Gasteiger partial charge in [0.05, 0.1) is 11.9 Å². The van der Waals surface area contributed by atoms with Crippen molar-refractivity contribution in [1.82, 2.24) is 4.90 Å². The van der Waals surface area contributed by atoms with Crippen LogP contribution in [-0.2, 0) is 38.5 Å². The first kappa shape index (κ1) is 22.8. The van der Waals surface area contributed by atoms with Gasteiger partial charge in [-0.15, -0.1) is 0 Å². The molecule has 0 saturated heterocycles. The summed E-state index contributed by atoms with van der Waals surface area (Å²) >= 11 is 0. The van der Waals surface area contributed by atoms with Gasteiger partial charge in [0.1, 0.15) is 11.9 Å². The number of fused-ring (bicyclic) bond motifs is 1. The number of carbonyl (C=O) groups excluding carboxylic acids is 1. The number of benzene rings is 3. The summed E-state index contributed by atoms with van der Waals surface area (Å²) in [5.41, 5.74) is 4.26. The van der Waals surface area contributed by atoms with E-state index >= 15 is 0 Å². The number of nitrogens with zero attached hydrogens (tertiary/aromatic N) is 2. The van der Waals surface area contributed by atoms with Gasteiger partial charge in [-0.2, -0.15) is 35.9 Å². The summed E-state index contributed by atoms with van der Waals surface area (Å²) in [6.07, 6.45) is 5.42. The van der Waals surface area contributed by atoms with Gasteiger partial charge in [-0.3, -0.25) is 14.7 Å². The quantitative estimate of drug-likeness (QED) is 0.433. The molecule has 2 aliphatic rings. The number of nitrogens with one attached hydrogen (secondary N) is 1. The maximum absolute atomic E-state index is 12.6.